The minimum absolute atomic E-state index is 0.0226. The highest BCUT2D eigenvalue weighted by Crippen LogP contribution is 2.55. The molecule has 0 aromatic heterocycles. The van der Waals surface area contributed by atoms with E-state index >= 15 is 0 Å². The third-order valence-electron chi connectivity index (χ3n) is 6.70. The van der Waals surface area contributed by atoms with Crippen molar-refractivity contribution >= 4 is 5.91 Å². The number of carbonyl (C=O) groups excluding carboxylic acids is 1. The minimum Gasteiger partial charge on any atom is -0.345 e. The number of hydrogen-bond donors (Lipinski definition) is 3. The van der Waals surface area contributed by atoms with Crippen molar-refractivity contribution in [1.29, 1.82) is 0 Å². The van der Waals surface area contributed by atoms with Crippen molar-refractivity contribution in [2.45, 2.75) is 70.9 Å². The summed E-state index contributed by atoms with van der Waals surface area (Å²) in [6, 6.07) is 0.0226. The maximum atomic E-state index is 12.8. The molecule has 4 N–H and O–H groups in total. The van der Waals surface area contributed by atoms with Crippen LogP contribution in [-0.4, -0.2) is 44.7 Å². The molecule has 4 rings (SSSR count). The number of carbonyl (C=O) groups is 1. The smallest absolute Gasteiger partial charge is 0.278 e. The topological polar surface area (TPSA) is 50.2 Å². The quantitative estimate of drug-likeness (QED) is 0.610. The van der Waals surface area contributed by atoms with E-state index in [4.69, 9.17) is 0 Å². The summed E-state index contributed by atoms with van der Waals surface area (Å²) in [6.07, 6.45) is 8.01. The minimum atomic E-state index is 0.0226. The van der Waals surface area contributed by atoms with Crippen LogP contribution in [0.1, 0.15) is 59.3 Å². The lowest BCUT2D eigenvalue weighted by atomic mass is 9.53. The Bertz CT molecular complexity index is 436. The molecule has 4 fully saturated rings. The van der Waals surface area contributed by atoms with Gasteiger partial charge in [-0.05, 0) is 77.0 Å². The van der Waals surface area contributed by atoms with Crippen LogP contribution in [0.15, 0.2) is 0 Å². The predicted molar refractivity (Wildman–Crippen MR) is 96.8 cm³/mol. The van der Waals surface area contributed by atoms with Crippen molar-refractivity contribution < 1.29 is 15.0 Å². The van der Waals surface area contributed by atoms with Crippen molar-refractivity contribution in [1.82, 2.24) is 5.32 Å². The van der Waals surface area contributed by atoms with E-state index in [9.17, 15) is 4.79 Å². The Morgan fingerprint density at radius 2 is 1.67 bits per heavy atom. The molecular formula is C20H39N3O+2. The molecule has 0 saturated heterocycles. The van der Waals surface area contributed by atoms with Crippen LogP contribution in [0, 0.1) is 23.2 Å². The number of amides is 1. The third kappa shape index (κ3) is 4.13. The largest absolute Gasteiger partial charge is 0.345 e. The zero-order chi connectivity index (χ0) is 17.5. The molecule has 4 aliphatic carbocycles. The molecule has 1 atom stereocenters. The fraction of sp³-hybridized carbons (Fsp3) is 0.950. The molecule has 4 aliphatic rings. The second kappa shape index (κ2) is 6.60. The summed E-state index contributed by atoms with van der Waals surface area (Å²) in [5.74, 6) is 2.93. The highest BCUT2D eigenvalue weighted by Gasteiger charge is 2.51. The van der Waals surface area contributed by atoms with Crippen molar-refractivity contribution in [2.24, 2.45) is 23.2 Å². The lowest BCUT2D eigenvalue weighted by molar-refractivity contribution is -0.868. The van der Waals surface area contributed by atoms with Gasteiger partial charge in [-0.2, -0.15) is 0 Å². The highest BCUT2D eigenvalue weighted by molar-refractivity contribution is 5.80. The third-order valence-corrected chi connectivity index (χ3v) is 6.70. The van der Waals surface area contributed by atoms with Gasteiger partial charge in [0.2, 0.25) is 0 Å². The van der Waals surface area contributed by atoms with Gasteiger partial charge < -0.3 is 15.5 Å². The molecule has 4 heteroatoms. The number of hydrogen-bond acceptors (Lipinski definition) is 1. The van der Waals surface area contributed by atoms with Gasteiger partial charge >= 0.3 is 0 Å². The van der Waals surface area contributed by atoms with Gasteiger partial charge in [0, 0.05) is 5.54 Å². The Hall–Kier alpha value is -0.610. The first kappa shape index (κ1) is 18.2. The van der Waals surface area contributed by atoms with Crippen LogP contribution >= 0.6 is 0 Å². The molecule has 4 saturated carbocycles. The van der Waals surface area contributed by atoms with E-state index in [0.29, 0.717) is 0 Å². The highest BCUT2D eigenvalue weighted by atomic mass is 16.2. The van der Waals surface area contributed by atoms with Crippen molar-refractivity contribution in [3.05, 3.63) is 0 Å². The Kier molecular flexibility index (Phi) is 5.00. The summed E-state index contributed by atoms with van der Waals surface area (Å²) >= 11 is 0. The summed E-state index contributed by atoms with van der Waals surface area (Å²) in [7, 11) is 4.40. The number of nitrogens with two attached hydrogens (primary N) is 1. The molecule has 0 aliphatic heterocycles. The molecule has 4 nitrogen and oxygen atoms in total. The molecule has 0 spiro atoms. The summed E-state index contributed by atoms with van der Waals surface area (Å²) in [6.45, 7) is 8.83. The second-order valence-electron chi connectivity index (χ2n) is 10.5. The fourth-order valence-electron chi connectivity index (χ4n) is 6.27. The van der Waals surface area contributed by atoms with Gasteiger partial charge in [0.25, 0.3) is 5.91 Å². The fourth-order valence-corrected chi connectivity index (χ4v) is 6.27. The average Bonchev–Trinajstić information content (AvgIpc) is 2.41. The predicted octanol–water partition coefficient (Wildman–Crippen LogP) is 0.194. The normalized spacial score (nSPS) is 36.2. The number of nitrogens with one attached hydrogen (secondary N) is 2. The van der Waals surface area contributed by atoms with E-state index in [1.165, 1.54) is 43.4 Å². The van der Waals surface area contributed by atoms with E-state index in [1.54, 1.807) is 0 Å². The Balaban J connectivity index is 1.51. The lowest BCUT2D eigenvalue weighted by Gasteiger charge is -2.57. The van der Waals surface area contributed by atoms with Gasteiger partial charge in [-0.25, -0.2) is 0 Å². The van der Waals surface area contributed by atoms with Crippen LogP contribution in [0.25, 0.3) is 0 Å². The zero-order valence-corrected chi connectivity index (χ0v) is 16.5. The van der Waals surface area contributed by atoms with E-state index in [1.807, 2.05) is 0 Å². The van der Waals surface area contributed by atoms with Crippen LogP contribution in [0.4, 0.5) is 0 Å². The van der Waals surface area contributed by atoms with Crippen LogP contribution in [-0.2, 0) is 4.79 Å². The van der Waals surface area contributed by atoms with Gasteiger partial charge in [-0.15, -0.1) is 0 Å². The molecule has 0 aromatic carbocycles. The van der Waals surface area contributed by atoms with Crippen LogP contribution in [0.2, 0.25) is 0 Å². The summed E-state index contributed by atoms with van der Waals surface area (Å²) in [5.41, 5.74) is 0.408. The summed E-state index contributed by atoms with van der Waals surface area (Å²) in [4.78, 5) is 14.3. The van der Waals surface area contributed by atoms with Gasteiger partial charge in [0.05, 0.1) is 32.6 Å². The first-order valence-corrected chi connectivity index (χ1v) is 10.1. The zero-order valence-electron chi connectivity index (χ0n) is 16.5. The Labute approximate surface area is 148 Å². The average molecular weight is 338 g/mol. The number of rotatable bonds is 7. The van der Waals surface area contributed by atoms with Crippen LogP contribution in [0.3, 0.4) is 0 Å². The maximum absolute atomic E-state index is 12.8. The molecule has 4 bridgehead atoms. The molecule has 138 valence electrons. The standard InChI is InChI=1S/C20H37N3O/c1-14(21-12-19(2,3)13-23(4)5)18(24)22-20-9-15-6-16(10-20)8-17(7-15)11-20/h14-17,21H,6-13H2,1-5H3,(H,22,24)/p+2/t14-,15?,16?,17?,20?/m0/s1. The second-order valence-corrected chi connectivity index (χ2v) is 10.5. The monoisotopic (exact) mass is 337 g/mol. The SMILES string of the molecule is C[C@H]([NH2+]CC(C)(C)C[NH+](C)C)C(=O)NC12CC3CC(CC(C3)C1)C2. The first-order chi connectivity index (χ1) is 11.2. The molecule has 24 heavy (non-hydrogen) atoms. The molecule has 0 radical (unpaired) electrons. The van der Waals surface area contributed by atoms with Gasteiger partial charge in [0.15, 0.2) is 6.04 Å². The molecule has 0 heterocycles. The molecule has 0 unspecified atom stereocenters. The number of quaternary nitrogens is 2. The van der Waals surface area contributed by atoms with Crippen molar-refractivity contribution in [3.8, 4) is 0 Å². The van der Waals surface area contributed by atoms with E-state index in [2.05, 4.69) is 45.5 Å². The van der Waals surface area contributed by atoms with Gasteiger partial charge in [-0.3, -0.25) is 4.79 Å². The van der Waals surface area contributed by atoms with Gasteiger partial charge in [0.1, 0.15) is 0 Å². The van der Waals surface area contributed by atoms with Crippen molar-refractivity contribution in [3.63, 3.8) is 0 Å². The molecule has 1 amide bonds. The van der Waals surface area contributed by atoms with Crippen LogP contribution in [0.5, 0.6) is 0 Å². The Morgan fingerprint density at radius 1 is 1.17 bits per heavy atom. The maximum Gasteiger partial charge on any atom is 0.278 e. The molecular weight excluding hydrogens is 298 g/mol. The van der Waals surface area contributed by atoms with Gasteiger partial charge in [-0.1, -0.05) is 0 Å². The van der Waals surface area contributed by atoms with Crippen molar-refractivity contribution in [2.75, 3.05) is 27.2 Å². The first-order valence-electron chi connectivity index (χ1n) is 10.1. The van der Waals surface area contributed by atoms with E-state index in [-0.39, 0.29) is 22.9 Å². The van der Waals surface area contributed by atoms with E-state index in [0.717, 1.165) is 30.8 Å². The van der Waals surface area contributed by atoms with E-state index < -0.39 is 0 Å². The summed E-state index contributed by atoms with van der Waals surface area (Å²) < 4.78 is 0. The summed E-state index contributed by atoms with van der Waals surface area (Å²) in [5, 5.41) is 5.77. The Morgan fingerprint density at radius 3 is 2.12 bits per heavy atom. The van der Waals surface area contributed by atoms with Crippen LogP contribution < -0.4 is 15.5 Å². The molecule has 0 aromatic rings. The lowest BCUT2D eigenvalue weighted by Crippen LogP contribution is -3.08.